The van der Waals surface area contributed by atoms with E-state index in [0.29, 0.717) is 12.5 Å². The second-order valence-corrected chi connectivity index (χ2v) is 5.75. The molecule has 0 aromatic heterocycles. The van der Waals surface area contributed by atoms with Crippen molar-refractivity contribution in [3.8, 4) is 0 Å². The highest BCUT2D eigenvalue weighted by Gasteiger charge is 2.34. The van der Waals surface area contributed by atoms with Gasteiger partial charge in [-0.2, -0.15) is 0 Å². The van der Waals surface area contributed by atoms with Crippen LogP contribution in [0.4, 0.5) is 4.79 Å². The summed E-state index contributed by atoms with van der Waals surface area (Å²) in [5.41, 5.74) is 0.271. The van der Waals surface area contributed by atoms with E-state index in [2.05, 4.69) is 20.8 Å². The Morgan fingerprint density at radius 3 is 2.62 bits per heavy atom. The first-order valence-electron chi connectivity index (χ1n) is 6.26. The van der Waals surface area contributed by atoms with Crippen LogP contribution in [-0.2, 0) is 9.47 Å². The highest BCUT2D eigenvalue weighted by molar-refractivity contribution is 5.60. The Hall–Kier alpha value is -0.730. The van der Waals surface area contributed by atoms with Gasteiger partial charge in [0.25, 0.3) is 0 Å². The van der Waals surface area contributed by atoms with Gasteiger partial charge in [0.2, 0.25) is 0 Å². The Kier molecular flexibility index (Phi) is 4.63. The molecule has 3 nitrogen and oxygen atoms in total. The smallest absolute Gasteiger partial charge is 0.434 e. The molecule has 1 aliphatic carbocycles. The lowest BCUT2D eigenvalue weighted by Gasteiger charge is -2.38. The summed E-state index contributed by atoms with van der Waals surface area (Å²) < 4.78 is 10.3. The minimum atomic E-state index is -0.503. The van der Waals surface area contributed by atoms with Gasteiger partial charge in [-0.1, -0.05) is 27.7 Å². The van der Waals surface area contributed by atoms with Gasteiger partial charge in [0.1, 0.15) is 6.10 Å². The fourth-order valence-corrected chi connectivity index (χ4v) is 2.70. The van der Waals surface area contributed by atoms with E-state index in [1.165, 1.54) is 6.42 Å². The van der Waals surface area contributed by atoms with Crippen molar-refractivity contribution in [1.82, 2.24) is 0 Å². The van der Waals surface area contributed by atoms with Gasteiger partial charge in [0.15, 0.2) is 0 Å². The number of ether oxygens (including phenoxy) is 2. The minimum absolute atomic E-state index is 0.0307. The SMILES string of the molecule is CCCOC(=O)O[C@H]1C[C@H](C)CC(C)(C)C1. The van der Waals surface area contributed by atoms with Crippen molar-refractivity contribution in [3.63, 3.8) is 0 Å². The summed E-state index contributed by atoms with van der Waals surface area (Å²) >= 11 is 0. The largest absolute Gasteiger partial charge is 0.508 e. The third-order valence-electron chi connectivity index (χ3n) is 3.03. The first-order chi connectivity index (χ1) is 7.43. The van der Waals surface area contributed by atoms with Crippen molar-refractivity contribution >= 4 is 6.16 Å². The van der Waals surface area contributed by atoms with E-state index in [4.69, 9.17) is 9.47 Å². The number of hydrogen-bond donors (Lipinski definition) is 0. The van der Waals surface area contributed by atoms with Crippen LogP contribution < -0.4 is 0 Å². The van der Waals surface area contributed by atoms with Crippen molar-refractivity contribution in [2.24, 2.45) is 11.3 Å². The van der Waals surface area contributed by atoms with Crippen molar-refractivity contribution in [1.29, 1.82) is 0 Å². The molecule has 0 heterocycles. The van der Waals surface area contributed by atoms with E-state index in [0.717, 1.165) is 19.3 Å². The highest BCUT2D eigenvalue weighted by atomic mass is 16.7. The van der Waals surface area contributed by atoms with Gasteiger partial charge < -0.3 is 9.47 Å². The highest BCUT2D eigenvalue weighted by Crippen LogP contribution is 2.39. The van der Waals surface area contributed by atoms with E-state index in [-0.39, 0.29) is 11.5 Å². The Bertz CT molecular complexity index is 235. The normalized spacial score (nSPS) is 28.5. The molecule has 0 spiro atoms. The average molecular weight is 228 g/mol. The first-order valence-corrected chi connectivity index (χ1v) is 6.26. The molecule has 0 aromatic rings. The first kappa shape index (κ1) is 13.3. The second kappa shape index (κ2) is 5.55. The molecule has 94 valence electrons. The Morgan fingerprint density at radius 2 is 2.06 bits per heavy atom. The molecule has 3 heteroatoms. The average Bonchev–Trinajstić information content (AvgIpc) is 2.11. The van der Waals surface area contributed by atoms with Crippen LogP contribution in [0.1, 0.15) is 53.4 Å². The zero-order valence-electron chi connectivity index (χ0n) is 10.9. The van der Waals surface area contributed by atoms with Crippen LogP contribution in [0.3, 0.4) is 0 Å². The number of carbonyl (C=O) groups excluding carboxylic acids is 1. The summed E-state index contributed by atoms with van der Waals surface area (Å²) in [5.74, 6) is 0.618. The Balaban J connectivity index is 2.39. The molecular formula is C13H24O3. The van der Waals surface area contributed by atoms with Gasteiger partial charge in [-0.05, 0) is 37.0 Å². The molecule has 1 saturated carbocycles. The van der Waals surface area contributed by atoms with Gasteiger partial charge in [0, 0.05) is 0 Å². The molecule has 0 aliphatic heterocycles. The van der Waals surface area contributed by atoms with Crippen LogP contribution in [0.15, 0.2) is 0 Å². The Labute approximate surface area is 98.5 Å². The molecule has 0 N–H and O–H groups in total. The lowest BCUT2D eigenvalue weighted by Crippen LogP contribution is -2.34. The minimum Gasteiger partial charge on any atom is -0.434 e. The maximum atomic E-state index is 11.3. The summed E-state index contributed by atoms with van der Waals surface area (Å²) in [5, 5.41) is 0. The number of carbonyl (C=O) groups is 1. The van der Waals surface area contributed by atoms with Gasteiger partial charge in [-0.15, -0.1) is 0 Å². The molecule has 1 rings (SSSR count). The van der Waals surface area contributed by atoms with E-state index in [9.17, 15) is 4.79 Å². The molecule has 0 amide bonds. The third-order valence-corrected chi connectivity index (χ3v) is 3.03. The summed E-state index contributed by atoms with van der Waals surface area (Å²) in [6.45, 7) is 9.10. The standard InChI is InChI=1S/C13H24O3/c1-5-6-15-12(14)16-11-7-10(2)8-13(3,4)9-11/h10-11H,5-9H2,1-4H3/t10-,11-/m0/s1. The monoisotopic (exact) mass is 228 g/mol. The summed E-state index contributed by atoms with van der Waals surface area (Å²) in [6, 6.07) is 0. The van der Waals surface area contributed by atoms with Crippen LogP contribution in [0.5, 0.6) is 0 Å². The van der Waals surface area contributed by atoms with Gasteiger partial charge >= 0.3 is 6.16 Å². The third kappa shape index (κ3) is 4.42. The van der Waals surface area contributed by atoms with Crippen LogP contribution in [0.25, 0.3) is 0 Å². The second-order valence-electron chi connectivity index (χ2n) is 5.75. The summed E-state index contributed by atoms with van der Waals surface area (Å²) in [4.78, 5) is 11.3. The fraction of sp³-hybridized carbons (Fsp3) is 0.923. The van der Waals surface area contributed by atoms with Crippen molar-refractivity contribution in [3.05, 3.63) is 0 Å². The molecule has 2 atom stereocenters. The predicted octanol–water partition coefficient (Wildman–Crippen LogP) is 3.76. The summed E-state index contributed by atoms with van der Waals surface area (Å²) in [6.07, 6.45) is 3.47. The molecule has 16 heavy (non-hydrogen) atoms. The van der Waals surface area contributed by atoms with Crippen molar-refractivity contribution in [2.75, 3.05) is 6.61 Å². The van der Waals surface area contributed by atoms with E-state index in [1.807, 2.05) is 6.92 Å². The lowest BCUT2D eigenvalue weighted by atomic mass is 9.71. The molecule has 0 aromatic carbocycles. The number of hydrogen-bond acceptors (Lipinski definition) is 3. The van der Waals surface area contributed by atoms with Crippen LogP contribution >= 0.6 is 0 Å². The number of rotatable bonds is 3. The molecule has 0 unspecified atom stereocenters. The Morgan fingerprint density at radius 1 is 1.38 bits per heavy atom. The fourth-order valence-electron chi connectivity index (χ4n) is 2.70. The quantitative estimate of drug-likeness (QED) is 0.690. The van der Waals surface area contributed by atoms with E-state index < -0.39 is 6.16 Å². The maximum absolute atomic E-state index is 11.3. The van der Waals surface area contributed by atoms with Crippen LogP contribution in [0.2, 0.25) is 0 Å². The van der Waals surface area contributed by atoms with E-state index in [1.54, 1.807) is 0 Å². The zero-order valence-corrected chi connectivity index (χ0v) is 10.9. The molecule has 0 saturated heterocycles. The van der Waals surface area contributed by atoms with Crippen molar-refractivity contribution < 1.29 is 14.3 Å². The molecule has 1 fully saturated rings. The van der Waals surface area contributed by atoms with Crippen molar-refractivity contribution in [2.45, 2.75) is 59.5 Å². The van der Waals surface area contributed by atoms with E-state index >= 15 is 0 Å². The van der Waals surface area contributed by atoms with Gasteiger partial charge in [0.05, 0.1) is 6.61 Å². The van der Waals surface area contributed by atoms with Gasteiger partial charge in [-0.25, -0.2) is 4.79 Å². The molecule has 0 bridgehead atoms. The molecule has 0 radical (unpaired) electrons. The maximum Gasteiger partial charge on any atom is 0.508 e. The molecule has 1 aliphatic rings. The zero-order chi connectivity index (χ0) is 12.2. The predicted molar refractivity (Wildman–Crippen MR) is 63.3 cm³/mol. The summed E-state index contributed by atoms with van der Waals surface area (Å²) in [7, 11) is 0. The molecular weight excluding hydrogens is 204 g/mol. The lowest BCUT2D eigenvalue weighted by molar-refractivity contribution is -0.0202. The van der Waals surface area contributed by atoms with Crippen LogP contribution in [0, 0.1) is 11.3 Å². The van der Waals surface area contributed by atoms with Gasteiger partial charge in [-0.3, -0.25) is 0 Å². The topological polar surface area (TPSA) is 35.5 Å². The van der Waals surface area contributed by atoms with Crippen LogP contribution in [-0.4, -0.2) is 18.9 Å².